The number of carbonyl (C=O) groups excluding carboxylic acids is 2. The number of unbranched alkanes of at least 4 members (excludes halogenated alkanes) is 3. The summed E-state index contributed by atoms with van der Waals surface area (Å²) in [7, 11) is 0. The van der Waals surface area contributed by atoms with E-state index >= 15 is 0 Å². The molecule has 1 aromatic carbocycles. The number of benzene rings is 1. The van der Waals surface area contributed by atoms with Crippen LogP contribution in [0.1, 0.15) is 75.6 Å². The van der Waals surface area contributed by atoms with E-state index in [4.69, 9.17) is 4.74 Å². The summed E-state index contributed by atoms with van der Waals surface area (Å²) >= 11 is 0. The molecule has 7 nitrogen and oxygen atoms in total. The molecular weight excluding hydrogens is 428 g/mol. The first-order valence-electron chi connectivity index (χ1n) is 13.3. The van der Waals surface area contributed by atoms with Crippen molar-refractivity contribution in [3.05, 3.63) is 23.8 Å². The van der Waals surface area contributed by atoms with E-state index in [1.54, 1.807) is 0 Å². The van der Waals surface area contributed by atoms with Crippen LogP contribution < -0.4 is 15.5 Å². The van der Waals surface area contributed by atoms with Crippen LogP contribution in [0.25, 0.3) is 0 Å². The fourth-order valence-corrected chi connectivity index (χ4v) is 4.68. The van der Waals surface area contributed by atoms with Crippen molar-refractivity contribution in [1.82, 2.24) is 10.2 Å². The van der Waals surface area contributed by atoms with Gasteiger partial charge in [-0.1, -0.05) is 33.1 Å². The van der Waals surface area contributed by atoms with Crippen LogP contribution in [0.2, 0.25) is 0 Å². The van der Waals surface area contributed by atoms with Gasteiger partial charge in [0.05, 0.1) is 18.8 Å². The highest BCUT2D eigenvalue weighted by Crippen LogP contribution is 2.29. The first kappa shape index (κ1) is 26.5. The molecule has 0 aliphatic carbocycles. The van der Waals surface area contributed by atoms with Crippen LogP contribution in [0.3, 0.4) is 0 Å². The van der Waals surface area contributed by atoms with E-state index in [1.807, 2.05) is 18.2 Å². The van der Waals surface area contributed by atoms with Gasteiger partial charge in [-0.2, -0.15) is 0 Å². The molecule has 3 rings (SSSR count). The minimum Gasteiger partial charge on any atom is -0.379 e. The lowest BCUT2D eigenvalue weighted by atomic mass is 9.97. The maximum Gasteiger partial charge on any atom is 0.253 e. The molecule has 0 saturated carbocycles. The summed E-state index contributed by atoms with van der Waals surface area (Å²) in [6.07, 6.45) is 8.00. The number of morpholine rings is 1. The van der Waals surface area contributed by atoms with Crippen LogP contribution >= 0.6 is 0 Å². The molecule has 0 aromatic heterocycles. The molecule has 7 heteroatoms. The first-order chi connectivity index (χ1) is 16.6. The Morgan fingerprint density at radius 3 is 2.53 bits per heavy atom. The summed E-state index contributed by atoms with van der Waals surface area (Å²) < 4.78 is 5.40. The lowest BCUT2D eigenvalue weighted by molar-refractivity contribution is -0.116. The summed E-state index contributed by atoms with van der Waals surface area (Å²) in [6.45, 7) is 11.5. The van der Waals surface area contributed by atoms with Gasteiger partial charge in [-0.25, -0.2) is 0 Å². The zero-order valence-corrected chi connectivity index (χ0v) is 21.2. The number of anilines is 2. The smallest absolute Gasteiger partial charge is 0.253 e. The highest BCUT2D eigenvalue weighted by molar-refractivity contribution is 6.02. The fraction of sp³-hybridized carbons (Fsp3) is 0.704. The molecule has 2 fully saturated rings. The Morgan fingerprint density at radius 2 is 1.79 bits per heavy atom. The molecule has 34 heavy (non-hydrogen) atoms. The van der Waals surface area contributed by atoms with Gasteiger partial charge in [-0.05, 0) is 56.3 Å². The molecule has 0 bridgehead atoms. The number of hydrogen-bond acceptors (Lipinski definition) is 5. The molecule has 190 valence electrons. The van der Waals surface area contributed by atoms with Gasteiger partial charge in [0.25, 0.3) is 5.91 Å². The molecule has 1 aromatic rings. The quantitative estimate of drug-likeness (QED) is 0.444. The van der Waals surface area contributed by atoms with Crippen molar-refractivity contribution in [2.45, 2.75) is 65.2 Å². The van der Waals surface area contributed by atoms with Crippen molar-refractivity contribution in [2.24, 2.45) is 5.92 Å². The van der Waals surface area contributed by atoms with E-state index in [9.17, 15) is 9.59 Å². The van der Waals surface area contributed by atoms with E-state index in [0.717, 1.165) is 102 Å². The van der Waals surface area contributed by atoms with Gasteiger partial charge < -0.3 is 20.3 Å². The number of hydrogen-bond donors (Lipinski definition) is 2. The first-order valence-corrected chi connectivity index (χ1v) is 13.3. The summed E-state index contributed by atoms with van der Waals surface area (Å²) in [4.78, 5) is 30.3. The number of piperidine rings is 1. The zero-order valence-electron chi connectivity index (χ0n) is 21.2. The molecule has 2 heterocycles. The summed E-state index contributed by atoms with van der Waals surface area (Å²) in [5.41, 5.74) is 2.33. The van der Waals surface area contributed by atoms with Crippen molar-refractivity contribution >= 4 is 23.2 Å². The zero-order chi connectivity index (χ0) is 24.2. The minimum atomic E-state index is -0.0605. The Hall–Kier alpha value is -2.12. The number of ether oxygens (including phenoxy) is 1. The van der Waals surface area contributed by atoms with Crippen molar-refractivity contribution in [2.75, 3.05) is 62.7 Å². The van der Waals surface area contributed by atoms with Crippen LogP contribution in [-0.2, 0) is 9.53 Å². The number of nitrogens with one attached hydrogen (secondary N) is 2. The fourth-order valence-electron chi connectivity index (χ4n) is 4.68. The molecule has 2 amide bonds. The van der Waals surface area contributed by atoms with Gasteiger partial charge in [-0.3, -0.25) is 14.5 Å². The third kappa shape index (κ3) is 8.58. The third-order valence-electron chi connectivity index (χ3n) is 6.95. The van der Waals surface area contributed by atoms with Crippen LogP contribution in [-0.4, -0.2) is 69.2 Å². The van der Waals surface area contributed by atoms with Crippen molar-refractivity contribution in [3.63, 3.8) is 0 Å². The van der Waals surface area contributed by atoms with E-state index in [-0.39, 0.29) is 11.8 Å². The monoisotopic (exact) mass is 472 g/mol. The van der Waals surface area contributed by atoms with Crippen molar-refractivity contribution < 1.29 is 14.3 Å². The van der Waals surface area contributed by atoms with Gasteiger partial charge in [0, 0.05) is 50.5 Å². The average molecular weight is 473 g/mol. The Kier molecular flexibility index (Phi) is 11.2. The molecule has 0 unspecified atom stereocenters. The Morgan fingerprint density at radius 1 is 1.03 bits per heavy atom. The minimum absolute atomic E-state index is 0.0209. The topological polar surface area (TPSA) is 73.9 Å². The molecule has 0 spiro atoms. The van der Waals surface area contributed by atoms with E-state index < -0.39 is 0 Å². The second-order valence-electron chi connectivity index (χ2n) is 9.82. The molecule has 2 saturated heterocycles. The Balaban J connectivity index is 1.61. The predicted molar refractivity (Wildman–Crippen MR) is 139 cm³/mol. The van der Waals surface area contributed by atoms with Gasteiger partial charge in [0.2, 0.25) is 5.91 Å². The highest BCUT2D eigenvalue weighted by atomic mass is 16.5. The normalized spacial score (nSPS) is 17.5. The molecule has 2 aliphatic heterocycles. The summed E-state index contributed by atoms with van der Waals surface area (Å²) in [6, 6.07) is 5.80. The number of carbonyl (C=O) groups is 2. The third-order valence-corrected chi connectivity index (χ3v) is 6.95. The maximum atomic E-state index is 13.2. The van der Waals surface area contributed by atoms with Crippen molar-refractivity contribution in [1.29, 1.82) is 0 Å². The van der Waals surface area contributed by atoms with Crippen LogP contribution in [0, 0.1) is 5.92 Å². The molecule has 0 atom stereocenters. The van der Waals surface area contributed by atoms with Crippen LogP contribution in [0.15, 0.2) is 18.2 Å². The van der Waals surface area contributed by atoms with E-state index in [0.29, 0.717) is 24.2 Å². The summed E-state index contributed by atoms with van der Waals surface area (Å²) in [5, 5.41) is 6.13. The van der Waals surface area contributed by atoms with Crippen LogP contribution in [0.4, 0.5) is 11.4 Å². The SMILES string of the molecule is CCCCCCC(=O)Nc1ccc(N2CCC(C)CC2)c(C(=O)NCCCN2CCOCC2)c1. The summed E-state index contributed by atoms with van der Waals surface area (Å²) in [5.74, 6) is 0.683. The Labute approximate surface area is 205 Å². The lowest BCUT2D eigenvalue weighted by Crippen LogP contribution is -2.38. The van der Waals surface area contributed by atoms with Crippen LogP contribution in [0.5, 0.6) is 0 Å². The Bertz CT molecular complexity index is 771. The molecular formula is C27H44N4O3. The van der Waals surface area contributed by atoms with Crippen molar-refractivity contribution in [3.8, 4) is 0 Å². The van der Waals surface area contributed by atoms with E-state index in [2.05, 4.69) is 34.3 Å². The lowest BCUT2D eigenvalue weighted by Gasteiger charge is -2.33. The average Bonchev–Trinajstić information content (AvgIpc) is 2.85. The number of rotatable bonds is 12. The maximum absolute atomic E-state index is 13.2. The number of nitrogens with zero attached hydrogens (tertiary/aromatic N) is 2. The number of amides is 2. The molecule has 2 aliphatic rings. The second kappa shape index (κ2) is 14.3. The van der Waals surface area contributed by atoms with Gasteiger partial charge >= 0.3 is 0 Å². The molecule has 0 radical (unpaired) electrons. The largest absolute Gasteiger partial charge is 0.379 e. The molecule has 2 N–H and O–H groups in total. The van der Waals surface area contributed by atoms with Gasteiger partial charge in [-0.15, -0.1) is 0 Å². The van der Waals surface area contributed by atoms with Gasteiger partial charge in [0.1, 0.15) is 0 Å². The second-order valence-corrected chi connectivity index (χ2v) is 9.82. The predicted octanol–water partition coefficient (Wildman–Crippen LogP) is 4.28. The highest BCUT2D eigenvalue weighted by Gasteiger charge is 2.22. The standard InChI is InChI=1S/C27H44N4O3/c1-3-4-5-6-8-26(32)29-23-9-10-25(31-15-11-22(2)12-16-31)24(21-23)27(33)28-13-7-14-30-17-19-34-20-18-30/h9-10,21-22H,3-8,11-20H2,1-2H3,(H,28,33)(H,29,32). The van der Waals surface area contributed by atoms with Gasteiger partial charge in [0.15, 0.2) is 0 Å². The van der Waals surface area contributed by atoms with E-state index in [1.165, 1.54) is 0 Å².